The van der Waals surface area contributed by atoms with Gasteiger partial charge in [0.15, 0.2) is 0 Å². The van der Waals surface area contributed by atoms with Crippen LogP contribution in [0.1, 0.15) is 24.0 Å². The van der Waals surface area contributed by atoms with Crippen LogP contribution in [-0.4, -0.2) is 56.8 Å². The number of aliphatic imine (C=N–C) groups is 2. The number of aromatic amines is 1. The summed E-state index contributed by atoms with van der Waals surface area (Å²) in [5.41, 5.74) is 1.95. The lowest BCUT2D eigenvalue weighted by Crippen LogP contribution is -2.40. The van der Waals surface area contributed by atoms with Crippen LogP contribution in [-0.2, 0) is 4.74 Å². The molecule has 0 unspecified atom stereocenters. The van der Waals surface area contributed by atoms with Crippen LogP contribution in [0.15, 0.2) is 39.3 Å². The van der Waals surface area contributed by atoms with Crippen molar-refractivity contribution in [3.8, 4) is 11.8 Å². The summed E-state index contributed by atoms with van der Waals surface area (Å²) in [6.45, 7) is 5.31. The molecule has 0 spiro atoms. The fourth-order valence-corrected chi connectivity index (χ4v) is 3.67. The highest BCUT2D eigenvalue weighted by molar-refractivity contribution is 7.98. The Kier molecular flexibility index (Phi) is 7.76. The maximum absolute atomic E-state index is 9.53. The van der Waals surface area contributed by atoms with Crippen molar-refractivity contribution in [1.82, 2.24) is 10.3 Å². The number of methoxy groups -OCH3 is 1. The molecule has 0 saturated carbocycles. The summed E-state index contributed by atoms with van der Waals surface area (Å²) in [5, 5.41) is 16.3. The number of anilines is 1. The van der Waals surface area contributed by atoms with Crippen molar-refractivity contribution in [2.24, 2.45) is 9.98 Å². The highest BCUT2D eigenvalue weighted by atomic mass is 32.2. The zero-order chi connectivity index (χ0) is 21.3. The first-order valence-electron chi connectivity index (χ1n) is 9.63. The molecule has 2 aromatic rings. The van der Waals surface area contributed by atoms with Crippen molar-refractivity contribution in [2.45, 2.75) is 23.8 Å². The zero-order valence-electron chi connectivity index (χ0n) is 17.2. The molecule has 158 valence electrons. The molecule has 0 amide bonds. The number of nitriles is 1. The third kappa shape index (κ3) is 5.14. The molecular formula is C21H26N6O2S. The molecule has 0 radical (unpaired) electrons. The van der Waals surface area contributed by atoms with Crippen LogP contribution in [0.3, 0.4) is 0 Å². The Morgan fingerprint density at radius 1 is 1.43 bits per heavy atom. The topological polar surface area (TPSA) is 107 Å². The first kappa shape index (κ1) is 21.7. The van der Waals surface area contributed by atoms with Crippen LogP contribution in [0.4, 0.5) is 11.5 Å². The summed E-state index contributed by atoms with van der Waals surface area (Å²) < 4.78 is 10.9. The van der Waals surface area contributed by atoms with Gasteiger partial charge in [0.1, 0.15) is 30.1 Å². The summed E-state index contributed by atoms with van der Waals surface area (Å²) in [7, 11) is 1.65. The number of hydrogen-bond acceptors (Lipinski definition) is 7. The van der Waals surface area contributed by atoms with Gasteiger partial charge in [0.2, 0.25) is 0 Å². The first-order valence-corrected chi connectivity index (χ1v) is 10.9. The molecule has 2 heterocycles. The molecule has 3 N–H and O–H groups in total. The summed E-state index contributed by atoms with van der Waals surface area (Å²) in [5.74, 6) is 1.88. The highest BCUT2D eigenvalue weighted by Gasteiger charge is 2.21. The Balaban J connectivity index is 1.85. The number of ether oxygens (including phenoxy) is 2. The third-order valence-corrected chi connectivity index (χ3v) is 5.58. The van der Waals surface area contributed by atoms with Gasteiger partial charge in [-0.15, -0.1) is 11.8 Å². The van der Waals surface area contributed by atoms with Crippen LogP contribution >= 0.6 is 11.8 Å². The number of H-pyrrole nitrogens is 1. The second-order valence-electron chi connectivity index (χ2n) is 6.63. The van der Waals surface area contributed by atoms with Crippen molar-refractivity contribution >= 4 is 35.8 Å². The Labute approximate surface area is 180 Å². The maximum atomic E-state index is 9.53. The maximum Gasteiger partial charge on any atom is 0.143 e. The van der Waals surface area contributed by atoms with E-state index in [9.17, 15) is 5.26 Å². The normalized spacial score (nSPS) is 14.8. The van der Waals surface area contributed by atoms with Crippen molar-refractivity contribution in [3.63, 3.8) is 0 Å². The Bertz CT molecular complexity index is 943. The Morgan fingerprint density at radius 3 is 2.90 bits per heavy atom. The number of nitrogens with one attached hydrogen (secondary N) is 3. The van der Waals surface area contributed by atoms with E-state index in [1.165, 1.54) is 0 Å². The minimum Gasteiger partial charge on any atom is -0.495 e. The highest BCUT2D eigenvalue weighted by Crippen LogP contribution is 2.29. The second-order valence-corrected chi connectivity index (χ2v) is 7.51. The standard InChI is InChI=1S/C21H26N6O2S/c1-23-20-19(14(11-22)12-24-20)21(27-15-6-8-29-9-7-15)26-13-25-17-5-4-16(30-3)10-18(17)28-2/h4-5,10,12,15,24-25H,1,6-9,13H2,2-3H3,(H,26,27). The van der Waals surface area contributed by atoms with Gasteiger partial charge in [-0.2, -0.15) is 5.26 Å². The van der Waals surface area contributed by atoms with Gasteiger partial charge in [-0.1, -0.05) is 0 Å². The molecule has 1 fully saturated rings. The lowest BCUT2D eigenvalue weighted by Gasteiger charge is -2.25. The third-order valence-electron chi connectivity index (χ3n) is 4.85. The van der Waals surface area contributed by atoms with Crippen LogP contribution in [0.25, 0.3) is 0 Å². The van der Waals surface area contributed by atoms with Gasteiger partial charge >= 0.3 is 0 Å². The minimum atomic E-state index is 0.215. The van der Waals surface area contributed by atoms with Crippen LogP contribution < -0.4 is 15.4 Å². The number of benzene rings is 1. The predicted octanol–water partition coefficient (Wildman–Crippen LogP) is 3.53. The quantitative estimate of drug-likeness (QED) is 0.339. The number of thioether (sulfide) groups is 1. The molecule has 1 aliphatic heterocycles. The van der Waals surface area contributed by atoms with Crippen molar-refractivity contribution in [1.29, 1.82) is 5.26 Å². The molecule has 1 saturated heterocycles. The first-order chi connectivity index (χ1) is 14.7. The molecule has 0 aliphatic carbocycles. The van der Waals surface area contributed by atoms with Gasteiger partial charge in [0.25, 0.3) is 0 Å². The van der Waals surface area contributed by atoms with Crippen molar-refractivity contribution in [3.05, 3.63) is 35.5 Å². The Hall–Kier alpha value is -2.96. The van der Waals surface area contributed by atoms with E-state index in [4.69, 9.17) is 14.5 Å². The monoisotopic (exact) mass is 426 g/mol. The number of hydrogen-bond donors (Lipinski definition) is 3. The van der Waals surface area contributed by atoms with Gasteiger partial charge in [-0.25, -0.2) is 9.98 Å². The van der Waals surface area contributed by atoms with Crippen molar-refractivity contribution < 1.29 is 9.47 Å². The second kappa shape index (κ2) is 10.7. The number of rotatable bonds is 8. The molecule has 1 aromatic carbocycles. The van der Waals surface area contributed by atoms with E-state index in [1.54, 1.807) is 25.1 Å². The SMILES string of the molecule is C=Nc1[nH]cc(C#N)c1C(=NCNc1ccc(SC)cc1OC)NC1CCOCC1. The summed E-state index contributed by atoms with van der Waals surface area (Å²) in [4.78, 5) is 12.9. The molecule has 8 nitrogen and oxygen atoms in total. The van der Waals surface area contributed by atoms with Gasteiger partial charge in [-0.05, 0) is 44.0 Å². The molecule has 0 atom stereocenters. The van der Waals surface area contributed by atoms with E-state index in [0.717, 1.165) is 29.2 Å². The molecule has 1 aromatic heterocycles. The molecule has 3 rings (SSSR count). The van der Waals surface area contributed by atoms with Gasteiger partial charge in [0.05, 0.1) is 23.9 Å². The number of nitrogens with zero attached hydrogens (tertiary/aromatic N) is 3. The fraction of sp³-hybridized carbons (Fsp3) is 0.381. The van der Waals surface area contributed by atoms with Crippen LogP contribution in [0.5, 0.6) is 5.75 Å². The predicted molar refractivity (Wildman–Crippen MR) is 121 cm³/mol. The van der Waals surface area contributed by atoms with E-state index in [1.807, 2.05) is 24.5 Å². The average Bonchev–Trinajstić information content (AvgIpc) is 3.22. The molecule has 9 heteroatoms. The van der Waals surface area contributed by atoms with E-state index in [2.05, 4.69) is 33.4 Å². The lowest BCUT2D eigenvalue weighted by molar-refractivity contribution is 0.0825. The molecule has 30 heavy (non-hydrogen) atoms. The smallest absolute Gasteiger partial charge is 0.143 e. The van der Waals surface area contributed by atoms with E-state index < -0.39 is 0 Å². The van der Waals surface area contributed by atoms with Crippen LogP contribution in [0, 0.1) is 11.3 Å². The van der Waals surface area contributed by atoms with Gasteiger partial charge in [-0.3, -0.25) is 0 Å². The summed E-state index contributed by atoms with van der Waals surface area (Å²) in [6, 6.07) is 8.40. The molecular weight excluding hydrogens is 400 g/mol. The minimum absolute atomic E-state index is 0.215. The lowest BCUT2D eigenvalue weighted by atomic mass is 10.1. The van der Waals surface area contributed by atoms with Gasteiger partial charge in [0, 0.05) is 30.3 Å². The van der Waals surface area contributed by atoms with E-state index >= 15 is 0 Å². The Morgan fingerprint density at radius 2 is 2.23 bits per heavy atom. The van der Waals surface area contributed by atoms with Crippen molar-refractivity contribution in [2.75, 3.05) is 38.6 Å². The van der Waals surface area contributed by atoms with Crippen LogP contribution in [0.2, 0.25) is 0 Å². The largest absolute Gasteiger partial charge is 0.495 e. The zero-order valence-corrected chi connectivity index (χ0v) is 18.0. The van der Waals surface area contributed by atoms with E-state index in [-0.39, 0.29) is 6.04 Å². The van der Waals surface area contributed by atoms with Gasteiger partial charge < -0.3 is 25.1 Å². The summed E-state index contributed by atoms with van der Waals surface area (Å²) >= 11 is 1.66. The fourth-order valence-electron chi connectivity index (χ4n) is 3.25. The summed E-state index contributed by atoms with van der Waals surface area (Å²) in [6.07, 6.45) is 5.40. The number of aromatic nitrogens is 1. The average molecular weight is 427 g/mol. The van der Waals surface area contributed by atoms with E-state index in [0.29, 0.717) is 42.7 Å². The molecule has 1 aliphatic rings. The molecule has 0 bridgehead atoms. The number of amidine groups is 1.